The van der Waals surface area contributed by atoms with Crippen molar-refractivity contribution in [3.8, 4) is 11.3 Å². The second-order valence-electron chi connectivity index (χ2n) is 6.19. The molecule has 7 heteroatoms. The number of benzene rings is 1. The van der Waals surface area contributed by atoms with Crippen LogP contribution in [-0.4, -0.2) is 31.5 Å². The van der Waals surface area contributed by atoms with E-state index in [1.165, 1.54) is 0 Å². The number of carbonyl (C=O) groups is 1. The van der Waals surface area contributed by atoms with Crippen LogP contribution in [0.3, 0.4) is 0 Å². The Morgan fingerprint density at radius 2 is 2.21 bits per heavy atom. The van der Waals surface area contributed by atoms with Gasteiger partial charge in [-0.2, -0.15) is 10.6 Å². The minimum absolute atomic E-state index is 0.0522. The van der Waals surface area contributed by atoms with Crippen molar-refractivity contribution >= 4 is 27.4 Å². The summed E-state index contributed by atoms with van der Waals surface area (Å²) in [4.78, 5) is 15.0. The van der Waals surface area contributed by atoms with Crippen molar-refractivity contribution in [2.75, 3.05) is 11.5 Å². The highest BCUT2D eigenvalue weighted by atomic mass is 32.3. The fourth-order valence-corrected chi connectivity index (χ4v) is 5.25. The van der Waals surface area contributed by atoms with Gasteiger partial charge in [-0.1, -0.05) is 0 Å². The standard InChI is InChI=1S/C17H18N2O4S/c18-17(20)13-7-11(15-2-1-4-23-15)6-12-14(8-19-16(12)13)10-3-5-24(21,22)9-10/h1-2,4,6-8,10,19,21-22H,3,5,9H2,(H2,18,20). The summed E-state index contributed by atoms with van der Waals surface area (Å²) in [5.41, 5.74) is 8.37. The summed E-state index contributed by atoms with van der Waals surface area (Å²) in [5.74, 6) is 0.970. The van der Waals surface area contributed by atoms with Crippen LogP contribution < -0.4 is 5.73 Å². The molecule has 1 saturated heterocycles. The van der Waals surface area contributed by atoms with Gasteiger partial charge in [0.1, 0.15) is 5.76 Å². The maximum Gasteiger partial charge on any atom is 0.250 e. The van der Waals surface area contributed by atoms with E-state index in [0.717, 1.165) is 16.5 Å². The molecule has 0 radical (unpaired) electrons. The number of primary amides is 1. The molecule has 0 spiro atoms. The predicted molar refractivity (Wildman–Crippen MR) is 94.5 cm³/mol. The highest BCUT2D eigenvalue weighted by Gasteiger charge is 2.31. The highest BCUT2D eigenvalue weighted by molar-refractivity contribution is 8.24. The number of aromatic nitrogens is 1. The van der Waals surface area contributed by atoms with E-state index in [2.05, 4.69) is 4.98 Å². The van der Waals surface area contributed by atoms with Crippen molar-refractivity contribution in [1.82, 2.24) is 4.98 Å². The van der Waals surface area contributed by atoms with Gasteiger partial charge in [-0.3, -0.25) is 13.9 Å². The Kier molecular flexibility index (Phi) is 3.45. The van der Waals surface area contributed by atoms with Crippen LogP contribution in [0.1, 0.15) is 28.3 Å². The summed E-state index contributed by atoms with van der Waals surface area (Å²) >= 11 is 0. The van der Waals surface area contributed by atoms with Crippen LogP contribution in [0.15, 0.2) is 41.1 Å². The summed E-state index contributed by atoms with van der Waals surface area (Å²) in [6, 6.07) is 7.28. The van der Waals surface area contributed by atoms with Gasteiger partial charge in [0.05, 0.1) is 17.3 Å². The molecule has 0 aliphatic carbocycles. The van der Waals surface area contributed by atoms with Gasteiger partial charge in [0, 0.05) is 34.6 Å². The average molecular weight is 346 g/mol. The number of nitrogens with two attached hydrogens (primary N) is 1. The molecular weight excluding hydrogens is 328 g/mol. The van der Waals surface area contributed by atoms with Gasteiger partial charge >= 0.3 is 0 Å². The number of nitrogens with one attached hydrogen (secondary N) is 1. The topological polar surface area (TPSA) is 112 Å². The lowest BCUT2D eigenvalue weighted by Crippen LogP contribution is -2.11. The molecule has 2 aromatic heterocycles. The van der Waals surface area contributed by atoms with Crippen LogP contribution in [0.25, 0.3) is 22.2 Å². The molecule has 6 nitrogen and oxygen atoms in total. The zero-order chi connectivity index (χ0) is 16.9. The van der Waals surface area contributed by atoms with Crippen LogP contribution in [0.4, 0.5) is 0 Å². The van der Waals surface area contributed by atoms with Crippen LogP contribution in [0, 0.1) is 0 Å². The quantitative estimate of drug-likeness (QED) is 0.578. The van der Waals surface area contributed by atoms with E-state index in [-0.39, 0.29) is 5.92 Å². The van der Waals surface area contributed by atoms with Gasteiger partial charge in [-0.15, -0.1) is 0 Å². The third-order valence-electron chi connectivity index (χ3n) is 4.59. The van der Waals surface area contributed by atoms with Gasteiger partial charge in [-0.05, 0) is 36.2 Å². The number of amides is 1. The summed E-state index contributed by atoms with van der Waals surface area (Å²) < 4.78 is 25.3. The largest absolute Gasteiger partial charge is 0.464 e. The molecule has 1 unspecified atom stereocenters. The lowest BCUT2D eigenvalue weighted by atomic mass is 9.95. The minimum atomic E-state index is -2.49. The molecule has 1 aliphatic heterocycles. The van der Waals surface area contributed by atoms with Crippen molar-refractivity contribution in [2.24, 2.45) is 5.73 Å². The molecular formula is C17H18N2O4S. The first-order chi connectivity index (χ1) is 11.4. The lowest BCUT2D eigenvalue weighted by Gasteiger charge is -2.26. The van der Waals surface area contributed by atoms with Crippen LogP contribution in [0.2, 0.25) is 0 Å². The summed E-state index contributed by atoms with van der Waals surface area (Å²) in [7, 11) is -2.49. The van der Waals surface area contributed by atoms with Crippen molar-refractivity contribution in [3.05, 3.63) is 47.9 Å². The lowest BCUT2D eigenvalue weighted by molar-refractivity contribution is 0.100. The first-order valence-electron chi connectivity index (χ1n) is 7.67. The van der Waals surface area contributed by atoms with Crippen molar-refractivity contribution in [1.29, 1.82) is 0 Å². The molecule has 3 heterocycles. The maximum absolute atomic E-state index is 11.9. The van der Waals surface area contributed by atoms with E-state index in [0.29, 0.717) is 34.8 Å². The third-order valence-corrected chi connectivity index (χ3v) is 6.42. The fourth-order valence-electron chi connectivity index (χ4n) is 3.44. The maximum atomic E-state index is 11.9. The predicted octanol–water partition coefficient (Wildman–Crippen LogP) is 3.76. The first kappa shape index (κ1) is 15.3. The van der Waals surface area contributed by atoms with Crippen molar-refractivity contribution in [2.45, 2.75) is 12.3 Å². The number of fused-ring (bicyclic) bond motifs is 1. The van der Waals surface area contributed by atoms with Gasteiger partial charge < -0.3 is 15.1 Å². The summed E-state index contributed by atoms with van der Waals surface area (Å²) in [6.45, 7) is 0. The SMILES string of the molecule is NC(=O)c1cc(-c2ccco2)cc2c(C3CCS(O)(O)C3)c[nH]c12. The van der Waals surface area contributed by atoms with Crippen LogP contribution >= 0.6 is 10.6 Å². The average Bonchev–Trinajstić information content (AvgIpc) is 3.24. The van der Waals surface area contributed by atoms with E-state index in [4.69, 9.17) is 10.2 Å². The van der Waals surface area contributed by atoms with E-state index >= 15 is 0 Å². The zero-order valence-electron chi connectivity index (χ0n) is 12.9. The van der Waals surface area contributed by atoms with Gasteiger partial charge in [0.25, 0.3) is 5.91 Å². The first-order valence-corrected chi connectivity index (χ1v) is 9.55. The molecule has 0 saturated carbocycles. The number of H-pyrrole nitrogens is 1. The number of hydrogen-bond donors (Lipinski definition) is 4. The van der Waals surface area contributed by atoms with E-state index in [1.807, 2.05) is 18.3 Å². The van der Waals surface area contributed by atoms with E-state index in [1.54, 1.807) is 18.4 Å². The molecule has 5 N–H and O–H groups in total. The van der Waals surface area contributed by atoms with Gasteiger partial charge in [0.2, 0.25) is 0 Å². The number of aromatic amines is 1. The monoisotopic (exact) mass is 346 g/mol. The van der Waals surface area contributed by atoms with Gasteiger partial charge in [0.15, 0.2) is 0 Å². The Hall–Kier alpha value is -2.22. The Balaban J connectivity index is 1.89. The zero-order valence-corrected chi connectivity index (χ0v) is 13.7. The Morgan fingerprint density at radius 1 is 1.38 bits per heavy atom. The molecule has 0 bridgehead atoms. The molecule has 1 amide bonds. The van der Waals surface area contributed by atoms with Crippen LogP contribution in [-0.2, 0) is 0 Å². The molecule has 3 aromatic rings. The number of carbonyl (C=O) groups excluding carboxylic acids is 1. The smallest absolute Gasteiger partial charge is 0.250 e. The Morgan fingerprint density at radius 3 is 2.83 bits per heavy atom. The van der Waals surface area contributed by atoms with Crippen LogP contribution in [0.5, 0.6) is 0 Å². The molecule has 4 rings (SSSR count). The van der Waals surface area contributed by atoms with E-state index in [9.17, 15) is 13.9 Å². The number of furan rings is 1. The second-order valence-corrected chi connectivity index (χ2v) is 8.54. The number of rotatable bonds is 3. The van der Waals surface area contributed by atoms with Crippen molar-refractivity contribution < 1.29 is 18.3 Å². The summed E-state index contributed by atoms with van der Waals surface area (Å²) in [5, 5.41) is 0.875. The minimum Gasteiger partial charge on any atom is -0.464 e. The molecule has 1 atom stereocenters. The second kappa shape index (κ2) is 5.41. The Labute approximate surface area is 140 Å². The summed E-state index contributed by atoms with van der Waals surface area (Å²) in [6.07, 6.45) is 4.13. The third kappa shape index (κ3) is 2.50. The molecule has 1 aromatic carbocycles. The molecule has 1 aliphatic rings. The van der Waals surface area contributed by atoms with Crippen molar-refractivity contribution in [3.63, 3.8) is 0 Å². The van der Waals surface area contributed by atoms with E-state index < -0.39 is 16.5 Å². The molecule has 24 heavy (non-hydrogen) atoms. The number of hydrogen-bond acceptors (Lipinski definition) is 4. The highest BCUT2D eigenvalue weighted by Crippen LogP contribution is 2.52. The molecule has 1 fully saturated rings. The normalized spacial score (nSPS) is 21.2. The Bertz CT molecular complexity index is 914. The molecule has 126 valence electrons. The van der Waals surface area contributed by atoms with Gasteiger partial charge in [-0.25, -0.2) is 0 Å². The fraction of sp³-hybridized carbons (Fsp3) is 0.235.